The van der Waals surface area contributed by atoms with Crippen LogP contribution in [-0.2, 0) is 9.53 Å². The zero-order valence-electron chi connectivity index (χ0n) is 12.3. The van der Waals surface area contributed by atoms with Crippen molar-refractivity contribution in [1.29, 1.82) is 0 Å². The number of anilines is 1. The van der Waals surface area contributed by atoms with Gasteiger partial charge in [-0.1, -0.05) is 12.1 Å². The molecule has 0 aliphatic heterocycles. The normalized spacial score (nSPS) is 12.7. The number of nitrogens with one attached hydrogen (secondary N) is 1. The summed E-state index contributed by atoms with van der Waals surface area (Å²) in [4.78, 5) is 12.1. The second-order valence-corrected chi connectivity index (χ2v) is 5.32. The molecule has 21 heavy (non-hydrogen) atoms. The molecule has 1 atom stereocenters. The van der Waals surface area contributed by atoms with Gasteiger partial charge in [-0.05, 0) is 38.1 Å². The molecule has 112 valence electrons. The summed E-state index contributed by atoms with van der Waals surface area (Å²) in [6, 6.07) is 9.89. The predicted molar refractivity (Wildman–Crippen MR) is 79.0 cm³/mol. The lowest BCUT2D eigenvalue weighted by molar-refractivity contribution is -0.152. The van der Waals surface area contributed by atoms with Crippen molar-refractivity contribution in [3.8, 4) is 5.75 Å². The van der Waals surface area contributed by atoms with E-state index in [0.29, 0.717) is 11.4 Å². The minimum atomic E-state index is -0.880. The van der Waals surface area contributed by atoms with Gasteiger partial charge < -0.3 is 19.6 Å². The molecule has 0 radical (unpaired) electrons. The Morgan fingerprint density at radius 1 is 1.29 bits per heavy atom. The molecule has 5 heteroatoms. The molecule has 1 aromatic carbocycles. The van der Waals surface area contributed by atoms with E-state index in [1.54, 1.807) is 56.5 Å². The molecule has 2 aromatic rings. The van der Waals surface area contributed by atoms with Crippen molar-refractivity contribution in [2.75, 3.05) is 12.4 Å². The largest absolute Gasteiger partial charge is 0.506 e. The highest BCUT2D eigenvalue weighted by Crippen LogP contribution is 2.39. The number of carbonyl (C=O) groups is 1. The van der Waals surface area contributed by atoms with Crippen molar-refractivity contribution in [3.05, 3.63) is 48.4 Å². The lowest BCUT2D eigenvalue weighted by Gasteiger charge is -2.31. The molecule has 0 amide bonds. The van der Waals surface area contributed by atoms with Gasteiger partial charge in [-0.25, -0.2) is 0 Å². The number of para-hydroxylation sites is 2. The zero-order valence-corrected chi connectivity index (χ0v) is 12.3. The lowest BCUT2D eigenvalue weighted by Crippen LogP contribution is -2.36. The lowest BCUT2D eigenvalue weighted by atomic mass is 9.82. The number of phenols is 1. The minimum absolute atomic E-state index is 0.106. The van der Waals surface area contributed by atoms with E-state index in [4.69, 9.17) is 9.15 Å². The molecule has 0 unspecified atom stereocenters. The summed E-state index contributed by atoms with van der Waals surface area (Å²) in [5.41, 5.74) is -0.356. The van der Waals surface area contributed by atoms with Crippen LogP contribution in [0.2, 0.25) is 0 Å². The van der Waals surface area contributed by atoms with Gasteiger partial charge >= 0.3 is 5.97 Å². The maximum Gasteiger partial charge on any atom is 0.313 e. The second kappa shape index (κ2) is 5.91. The number of carbonyl (C=O) groups excluding carboxylic acids is 1. The molecular formula is C16H19NO4. The summed E-state index contributed by atoms with van der Waals surface area (Å²) < 4.78 is 10.3. The van der Waals surface area contributed by atoms with Gasteiger partial charge in [0.1, 0.15) is 17.6 Å². The number of furan rings is 1. The van der Waals surface area contributed by atoms with Crippen LogP contribution in [0.15, 0.2) is 47.1 Å². The van der Waals surface area contributed by atoms with E-state index in [1.807, 2.05) is 0 Å². The first kappa shape index (κ1) is 15.0. The van der Waals surface area contributed by atoms with Crippen LogP contribution in [0, 0.1) is 5.41 Å². The molecule has 0 saturated heterocycles. The molecular weight excluding hydrogens is 270 g/mol. The summed E-state index contributed by atoms with van der Waals surface area (Å²) >= 11 is 0. The van der Waals surface area contributed by atoms with E-state index >= 15 is 0 Å². The number of benzene rings is 1. The maximum atomic E-state index is 12.1. The number of rotatable bonds is 5. The van der Waals surface area contributed by atoms with Crippen LogP contribution >= 0.6 is 0 Å². The van der Waals surface area contributed by atoms with Crippen molar-refractivity contribution in [2.24, 2.45) is 5.41 Å². The summed E-state index contributed by atoms with van der Waals surface area (Å²) in [7, 11) is 1.35. The van der Waals surface area contributed by atoms with Crippen LogP contribution < -0.4 is 5.32 Å². The number of hydrogen-bond donors (Lipinski definition) is 2. The Balaban J connectivity index is 2.39. The number of methoxy groups -OCH3 is 1. The Bertz CT molecular complexity index is 604. The average molecular weight is 289 g/mol. The number of aromatic hydroxyl groups is 1. The highest BCUT2D eigenvalue weighted by atomic mass is 16.5. The minimum Gasteiger partial charge on any atom is -0.506 e. The van der Waals surface area contributed by atoms with Crippen molar-refractivity contribution in [2.45, 2.75) is 19.9 Å². The van der Waals surface area contributed by atoms with E-state index in [9.17, 15) is 9.90 Å². The summed E-state index contributed by atoms with van der Waals surface area (Å²) in [5.74, 6) is 0.329. The molecule has 2 N–H and O–H groups in total. The van der Waals surface area contributed by atoms with Gasteiger partial charge in [-0.15, -0.1) is 0 Å². The maximum absolute atomic E-state index is 12.1. The number of esters is 1. The van der Waals surface area contributed by atoms with E-state index in [2.05, 4.69) is 5.32 Å². The van der Waals surface area contributed by atoms with Gasteiger partial charge in [0.2, 0.25) is 0 Å². The van der Waals surface area contributed by atoms with Gasteiger partial charge in [-0.2, -0.15) is 0 Å². The van der Waals surface area contributed by atoms with Crippen LogP contribution in [-0.4, -0.2) is 18.2 Å². The molecule has 0 aliphatic carbocycles. The Labute approximate surface area is 123 Å². The molecule has 0 spiro atoms. The highest BCUT2D eigenvalue weighted by molar-refractivity contribution is 5.78. The molecule has 5 nitrogen and oxygen atoms in total. The number of ether oxygens (including phenoxy) is 1. The van der Waals surface area contributed by atoms with Gasteiger partial charge in [0.05, 0.1) is 24.5 Å². The first-order valence-corrected chi connectivity index (χ1v) is 6.63. The Morgan fingerprint density at radius 2 is 2.00 bits per heavy atom. The third-order valence-corrected chi connectivity index (χ3v) is 3.46. The Hall–Kier alpha value is -2.43. The van der Waals surface area contributed by atoms with E-state index in [0.717, 1.165) is 0 Å². The quantitative estimate of drug-likeness (QED) is 0.652. The van der Waals surface area contributed by atoms with Gasteiger partial charge in [0.15, 0.2) is 0 Å². The van der Waals surface area contributed by atoms with Crippen LogP contribution in [0.25, 0.3) is 0 Å². The van der Waals surface area contributed by atoms with Gasteiger partial charge in [0, 0.05) is 0 Å². The fraction of sp³-hybridized carbons (Fsp3) is 0.312. The van der Waals surface area contributed by atoms with Crippen molar-refractivity contribution < 1.29 is 19.1 Å². The topological polar surface area (TPSA) is 71.7 Å². The Morgan fingerprint density at radius 3 is 2.57 bits per heavy atom. The van der Waals surface area contributed by atoms with Crippen molar-refractivity contribution in [1.82, 2.24) is 0 Å². The zero-order chi connectivity index (χ0) is 15.5. The SMILES string of the molecule is COC(=O)C(C)(C)[C@H](Nc1ccccc1O)c1ccco1. The summed E-state index contributed by atoms with van der Waals surface area (Å²) in [6.45, 7) is 3.53. The van der Waals surface area contributed by atoms with Crippen LogP contribution in [0.4, 0.5) is 5.69 Å². The number of phenolic OH excluding ortho intramolecular Hbond substituents is 1. The monoisotopic (exact) mass is 289 g/mol. The van der Waals surface area contributed by atoms with Crippen LogP contribution in [0.1, 0.15) is 25.6 Å². The first-order valence-electron chi connectivity index (χ1n) is 6.63. The van der Waals surface area contributed by atoms with Crippen LogP contribution in [0.5, 0.6) is 5.75 Å². The van der Waals surface area contributed by atoms with E-state index in [1.165, 1.54) is 7.11 Å². The smallest absolute Gasteiger partial charge is 0.313 e. The molecule has 1 aromatic heterocycles. The molecule has 0 bridgehead atoms. The molecule has 0 aliphatic rings. The summed E-state index contributed by atoms with van der Waals surface area (Å²) in [6.07, 6.45) is 1.54. The molecule has 1 heterocycles. The predicted octanol–water partition coefficient (Wildman–Crippen LogP) is 3.34. The average Bonchev–Trinajstić information content (AvgIpc) is 2.99. The third-order valence-electron chi connectivity index (χ3n) is 3.46. The highest BCUT2D eigenvalue weighted by Gasteiger charge is 2.41. The van der Waals surface area contributed by atoms with Gasteiger partial charge in [0.25, 0.3) is 0 Å². The molecule has 0 saturated carbocycles. The summed E-state index contributed by atoms with van der Waals surface area (Å²) in [5, 5.41) is 13.1. The molecule has 0 fully saturated rings. The fourth-order valence-corrected chi connectivity index (χ4v) is 2.19. The molecule has 2 rings (SSSR count). The standard InChI is InChI=1S/C16H19NO4/c1-16(2,15(19)20-3)14(13-9-6-10-21-13)17-11-7-4-5-8-12(11)18/h4-10,14,17-18H,1-3H3/t14-/m1/s1. The second-order valence-electron chi connectivity index (χ2n) is 5.32. The van der Waals surface area contributed by atoms with Crippen molar-refractivity contribution >= 4 is 11.7 Å². The van der Waals surface area contributed by atoms with E-state index in [-0.39, 0.29) is 11.7 Å². The van der Waals surface area contributed by atoms with Gasteiger partial charge in [-0.3, -0.25) is 4.79 Å². The Kier molecular flexibility index (Phi) is 4.21. The third kappa shape index (κ3) is 3.02. The van der Waals surface area contributed by atoms with Crippen molar-refractivity contribution in [3.63, 3.8) is 0 Å². The van der Waals surface area contributed by atoms with E-state index < -0.39 is 11.5 Å². The van der Waals surface area contributed by atoms with Crippen LogP contribution in [0.3, 0.4) is 0 Å². The number of hydrogen-bond acceptors (Lipinski definition) is 5. The fourth-order valence-electron chi connectivity index (χ4n) is 2.19. The first-order chi connectivity index (χ1) is 9.96.